The molecule has 0 atom stereocenters. The molecule has 0 aromatic heterocycles. The van der Waals surface area contributed by atoms with E-state index in [1.54, 1.807) is 32.9 Å². The molecule has 0 bridgehead atoms. The molecule has 184 valence electrons. The first-order valence-electron chi connectivity index (χ1n) is 11.4. The van der Waals surface area contributed by atoms with Gasteiger partial charge >= 0.3 is 18.2 Å². The van der Waals surface area contributed by atoms with Crippen LogP contribution < -0.4 is 10.6 Å². The van der Waals surface area contributed by atoms with Gasteiger partial charge in [-0.1, -0.05) is 36.4 Å². The van der Waals surface area contributed by atoms with E-state index >= 15 is 0 Å². The fraction of sp³-hybridized carbons (Fsp3) is 0.423. The fourth-order valence-electron chi connectivity index (χ4n) is 3.23. The normalized spacial score (nSPS) is 10.9. The minimum atomic E-state index is -0.988. The molecule has 0 aliphatic rings. The molecular weight excluding hydrogens is 436 g/mol. The summed E-state index contributed by atoms with van der Waals surface area (Å²) in [6.07, 6.45) is 1.57. The van der Waals surface area contributed by atoms with Crippen molar-refractivity contribution >= 4 is 18.2 Å². The standard InChI is InChI=1S/C26H34N2O6/c1-26(2,3)34-25(32)28-14-8-12-21-15-20(16-22(17-21)23(29)30)11-7-13-27-24(31)33-18-19-9-5-4-6-10-19/h4-6,9-10,15-17H,7-8,11-14,18H2,1-3H3,(H,27,31)(H,28,32)(H,29,30). The summed E-state index contributed by atoms with van der Waals surface area (Å²) in [5.41, 5.74) is 2.35. The Hall–Kier alpha value is -3.55. The third-order valence-corrected chi connectivity index (χ3v) is 4.73. The van der Waals surface area contributed by atoms with Crippen molar-refractivity contribution in [3.8, 4) is 0 Å². The lowest BCUT2D eigenvalue weighted by molar-refractivity contribution is 0.0526. The number of alkyl carbamates (subject to hydrolysis) is 2. The Labute approximate surface area is 200 Å². The molecule has 0 radical (unpaired) electrons. The summed E-state index contributed by atoms with van der Waals surface area (Å²) in [4.78, 5) is 35.1. The molecule has 8 nitrogen and oxygen atoms in total. The predicted octanol–water partition coefficient (Wildman–Crippen LogP) is 4.70. The Morgan fingerprint density at radius 2 is 1.38 bits per heavy atom. The number of benzene rings is 2. The van der Waals surface area contributed by atoms with Crippen molar-refractivity contribution < 1.29 is 29.0 Å². The first kappa shape index (κ1) is 26.7. The van der Waals surface area contributed by atoms with Crippen molar-refractivity contribution in [3.63, 3.8) is 0 Å². The van der Waals surface area contributed by atoms with E-state index in [2.05, 4.69) is 10.6 Å². The first-order chi connectivity index (χ1) is 16.1. The molecular formula is C26H34N2O6. The van der Waals surface area contributed by atoms with Crippen LogP contribution in [0.15, 0.2) is 48.5 Å². The van der Waals surface area contributed by atoms with Gasteiger partial charge in [0.1, 0.15) is 12.2 Å². The van der Waals surface area contributed by atoms with E-state index in [4.69, 9.17) is 9.47 Å². The number of carboxylic acids is 1. The van der Waals surface area contributed by atoms with Gasteiger partial charge in [0.15, 0.2) is 0 Å². The molecule has 0 unspecified atom stereocenters. The molecule has 0 fully saturated rings. The second-order valence-electron chi connectivity index (χ2n) is 8.97. The van der Waals surface area contributed by atoms with Gasteiger partial charge in [0.2, 0.25) is 0 Å². The van der Waals surface area contributed by atoms with Crippen LogP contribution in [0.25, 0.3) is 0 Å². The lowest BCUT2D eigenvalue weighted by Gasteiger charge is -2.19. The van der Waals surface area contributed by atoms with Crippen LogP contribution in [0.4, 0.5) is 9.59 Å². The van der Waals surface area contributed by atoms with Crippen LogP contribution in [0.1, 0.15) is 60.7 Å². The van der Waals surface area contributed by atoms with Gasteiger partial charge in [-0.05, 0) is 75.3 Å². The highest BCUT2D eigenvalue weighted by atomic mass is 16.6. The van der Waals surface area contributed by atoms with Gasteiger partial charge in [-0.25, -0.2) is 14.4 Å². The van der Waals surface area contributed by atoms with E-state index in [1.807, 2.05) is 36.4 Å². The zero-order valence-corrected chi connectivity index (χ0v) is 20.1. The molecule has 0 aliphatic carbocycles. The van der Waals surface area contributed by atoms with Crippen molar-refractivity contribution in [1.29, 1.82) is 0 Å². The van der Waals surface area contributed by atoms with Gasteiger partial charge < -0.3 is 25.2 Å². The average molecular weight is 471 g/mol. The van der Waals surface area contributed by atoms with Crippen LogP contribution in [0.2, 0.25) is 0 Å². The van der Waals surface area contributed by atoms with E-state index in [9.17, 15) is 19.5 Å². The summed E-state index contributed by atoms with van der Waals surface area (Å²) in [6.45, 7) is 6.45. The van der Waals surface area contributed by atoms with E-state index in [0.717, 1.165) is 16.7 Å². The Morgan fingerprint density at radius 3 is 1.91 bits per heavy atom. The number of nitrogens with one attached hydrogen (secondary N) is 2. The van der Waals surface area contributed by atoms with Crippen molar-refractivity contribution in [2.75, 3.05) is 13.1 Å². The predicted molar refractivity (Wildman–Crippen MR) is 129 cm³/mol. The molecule has 0 heterocycles. The van der Waals surface area contributed by atoms with Gasteiger partial charge in [0.25, 0.3) is 0 Å². The van der Waals surface area contributed by atoms with Gasteiger partial charge in [0.05, 0.1) is 5.56 Å². The largest absolute Gasteiger partial charge is 0.478 e. The third kappa shape index (κ3) is 10.8. The summed E-state index contributed by atoms with van der Waals surface area (Å²) >= 11 is 0. The van der Waals surface area contributed by atoms with Crippen LogP contribution in [0.3, 0.4) is 0 Å². The summed E-state index contributed by atoms with van der Waals surface area (Å²) < 4.78 is 10.4. The zero-order valence-electron chi connectivity index (χ0n) is 20.1. The number of carboxylic acid groups (broad SMARTS) is 1. The lowest BCUT2D eigenvalue weighted by atomic mass is 9.99. The smallest absolute Gasteiger partial charge is 0.407 e. The highest BCUT2D eigenvalue weighted by molar-refractivity contribution is 5.88. The Kier molecular flexibility index (Phi) is 10.4. The van der Waals surface area contributed by atoms with Crippen LogP contribution in [0.5, 0.6) is 0 Å². The van der Waals surface area contributed by atoms with Gasteiger partial charge in [-0.3, -0.25) is 0 Å². The Balaban J connectivity index is 1.77. The van der Waals surface area contributed by atoms with E-state index in [1.165, 1.54) is 0 Å². The zero-order chi connectivity index (χ0) is 25.0. The summed E-state index contributed by atoms with van der Waals surface area (Å²) in [5, 5.41) is 14.9. The number of amides is 2. The number of carbonyl (C=O) groups is 3. The summed E-state index contributed by atoms with van der Waals surface area (Å²) in [5.74, 6) is -0.988. The van der Waals surface area contributed by atoms with E-state index in [0.29, 0.717) is 38.8 Å². The molecule has 0 saturated carbocycles. The van der Waals surface area contributed by atoms with Crippen LogP contribution >= 0.6 is 0 Å². The maximum atomic E-state index is 11.8. The van der Waals surface area contributed by atoms with E-state index in [-0.39, 0.29) is 12.2 Å². The monoisotopic (exact) mass is 470 g/mol. The SMILES string of the molecule is CC(C)(C)OC(=O)NCCCc1cc(CCCNC(=O)OCc2ccccc2)cc(C(=O)O)c1. The second kappa shape index (κ2) is 13.2. The third-order valence-electron chi connectivity index (χ3n) is 4.73. The number of hydrogen-bond acceptors (Lipinski definition) is 5. The van der Waals surface area contributed by atoms with Crippen molar-refractivity contribution in [3.05, 3.63) is 70.8 Å². The topological polar surface area (TPSA) is 114 Å². The molecule has 8 heteroatoms. The number of rotatable bonds is 11. The number of carbonyl (C=O) groups excluding carboxylic acids is 2. The molecule has 0 spiro atoms. The van der Waals surface area contributed by atoms with Crippen LogP contribution in [0, 0.1) is 0 Å². The minimum Gasteiger partial charge on any atom is -0.478 e. The molecule has 3 N–H and O–H groups in total. The number of ether oxygens (including phenoxy) is 2. The summed E-state index contributed by atoms with van der Waals surface area (Å²) in [7, 11) is 0. The highest BCUT2D eigenvalue weighted by Crippen LogP contribution is 2.14. The Bertz CT molecular complexity index is 954. The molecule has 2 aromatic rings. The van der Waals surface area contributed by atoms with Crippen molar-refractivity contribution in [2.24, 2.45) is 0 Å². The summed E-state index contributed by atoms with van der Waals surface area (Å²) in [6, 6.07) is 14.7. The van der Waals surface area contributed by atoms with Crippen LogP contribution in [-0.4, -0.2) is 42.0 Å². The average Bonchev–Trinajstić information content (AvgIpc) is 2.77. The fourth-order valence-corrected chi connectivity index (χ4v) is 3.23. The maximum Gasteiger partial charge on any atom is 0.407 e. The molecule has 34 heavy (non-hydrogen) atoms. The quantitative estimate of drug-likeness (QED) is 0.410. The van der Waals surface area contributed by atoms with Gasteiger partial charge in [-0.2, -0.15) is 0 Å². The van der Waals surface area contributed by atoms with E-state index < -0.39 is 23.8 Å². The molecule has 2 amide bonds. The van der Waals surface area contributed by atoms with Gasteiger partial charge in [0, 0.05) is 13.1 Å². The highest BCUT2D eigenvalue weighted by Gasteiger charge is 2.15. The first-order valence-corrected chi connectivity index (χ1v) is 11.4. The Morgan fingerprint density at radius 1 is 0.824 bits per heavy atom. The van der Waals surface area contributed by atoms with Crippen LogP contribution in [-0.2, 0) is 28.9 Å². The molecule has 0 aliphatic heterocycles. The molecule has 2 rings (SSSR count). The number of hydrogen-bond donors (Lipinski definition) is 3. The molecule has 0 saturated heterocycles. The second-order valence-corrected chi connectivity index (χ2v) is 8.97. The number of aromatic carboxylic acids is 1. The minimum absolute atomic E-state index is 0.208. The van der Waals surface area contributed by atoms with Crippen molar-refractivity contribution in [2.45, 2.75) is 58.7 Å². The number of aryl methyl sites for hydroxylation is 2. The lowest BCUT2D eigenvalue weighted by Crippen LogP contribution is -2.33. The van der Waals surface area contributed by atoms with Gasteiger partial charge in [-0.15, -0.1) is 0 Å². The molecule has 2 aromatic carbocycles. The van der Waals surface area contributed by atoms with Crippen molar-refractivity contribution in [1.82, 2.24) is 10.6 Å². The maximum absolute atomic E-state index is 11.8.